The molecular formula is C13H12BrN3O3. The van der Waals surface area contributed by atoms with E-state index in [1.54, 1.807) is 6.07 Å². The van der Waals surface area contributed by atoms with Gasteiger partial charge in [0.05, 0.1) is 12.0 Å². The maximum absolute atomic E-state index is 11.9. The molecule has 0 unspecified atom stereocenters. The van der Waals surface area contributed by atoms with Gasteiger partial charge in [-0.25, -0.2) is 4.98 Å². The summed E-state index contributed by atoms with van der Waals surface area (Å²) >= 11 is 3.40. The molecule has 4 N–H and O–H groups in total. The first-order valence-corrected chi connectivity index (χ1v) is 6.54. The number of H-pyrrole nitrogens is 1. The summed E-state index contributed by atoms with van der Waals surface area (Å²) in [5.41, 5.74) is 6.84. The Morgan fingerprint density at radius 3 is 2.75 bits per heavy atom. The molecule has 1 heterocycles. The van der Waals surface area contributed by atoms with E-state index in [4.69, 9.17) is 10.8 Å². The average Bonchev–Trinajstić information content (AvgIpc) is 2.36. The first-order chi connectivity index (χ1) is 9.38. The number of nitrogen functional groups attached to an aromatic ring is 1. The van der Waals surface area contributed by atoms with Crippen LogP contribution in [0.4, 0.5) is 5.82 Å². The smallest absolute Gasteiger partial charge is 0.308 e. The van der Waals surface area contributed by atoms with Crippen LogP contribution in [-0.2, 0) is 11.2 Å². The number of carbonyl (C=O) groups is 1. The molecule has 0 amide bonds. The Kier molecular flexibility index (Phi) is 3.89. The molecular weight excluding hydrogens is 326 g/mol. The van der Waals surface area contributed by atoms with E-state index in [9.17, 15) is 9.59 Å². The molecule has 0 aliphatic rings. The highest BCUT2D eigenvalue weighted by Gasteiger charge is 2.13. The van der Waals surface area contributed by atoms with E-state index in [1.165, 1.54) is 0 Å². The zero-order chi connectivity index (χ0) is 14.9. The summed E-state index contributed by atoms with van der Waals surface area (Å²) in [6.45, 7) is 1.94. The molecule has 0 aliphatic heterocycles. The number of carboxylic acid groups (broad SMARTS) is 1. The Labute approximate surface area is 122 Å². The zero-order valence-corrected chi connectivity index (χ0v) is 12.2. The maximum atomic E-state index is 11.9. The minimum atomic E-state index is -1.13. The summed E-state index contributed by atoms with van der Waals surface area (Å²) in [7, 11) is 0. The molecule has 0 saturated carbocycles. The van der Waals surface area contributed by atoms with Crippen molar-refractivity contribution in [3.63, 3.8) is 0 Å². The predicted molar refractivity (Wildman–Crippen MR) is 78.5 cm³/mol. The number of hydrogen-bond donors (Lipinski definition) is 3. The van der Waals surface area contributed by atoms with Crippen LogP contribution in [0.3, 0.4) is 0 Å². The molecule has 0 fully saturated rings. The van der Waals surface area contributed by atoms with Crippen molar-refractivity contribution >= 4 is 27.7 Å². The summed E-state index contributed by atoms with van der Waals surface area (Å²) in [6.07, 6.45) is -0.452. The number of aromatic nitrogens is 2. The number of aromatic amines is 1. The number of hydrogen-bond acceptors (Lipinski definition) is 4. The lowest BCUT2D eigenvalue weighted by Gasteiger charge is -2.07. The Hall–Kier alpha value is -2.15. The number of nitrogens with two attached hydrogens (primary N) is 1. The Balaban J connectivity index is 2.52. The number of rotatable bonds is 3. The van der Waals surface area contributed by atoms with E-state index in [0.29, 0.717) is 11.4 Å². The van der Waals surface area contributed by atoms with Crippen LogP contribution in [0.15, 0.2) is 27.5 Å². The predicted octanol–water partition coefficient (Wildman–Crippen LogP) is 1.72. The maximum Gasteiger partial charge on any atom is 0.308 e. The van der Waals surface area contributed by atoms with E-state index in [2.05, 4.69) is 25.9 Å². The quantitative estimate of drug-likeness (QED) is 0.789. The summed E-state index contributed by atoms with van der Waals surface area (Å²) in [4.78, 5) is 29.2. The van der Waals surface area contributed by atoms with Crippen molar-refractivity contribution in [1.29, 1.82) is 0 Å². The Bertz CT molecular complexity index is 740. The zero-order valence-electron chi connectivity index (χ0n) is 10.6. The van der Waals surface area contributed by atoms with Crippen LogP contribution in [0.2, 0.25) is 0 Å². The van der Waals surface area contributed by atoms with E-state index >= 15 is 0 Å². The van der Waals surface area contributed by atoms with Gasteiger partial charge in [0, 0.05) is 10.0 Å². The molecule has 6 nitrogen and oxygen atoms in total. The summed E-state index contributed by atoms with van der Waals surface area (Å²) in [5, 5.41) is 8.73. The first-order valence-electron chi connectivity index (χ1n) is 5.75. The third kappa shape index (κ3) is 2.88. The summed E-state index contributed by atoms with van der Waals surface area (Å²) < 4.78 is 0.880. The second kappa shape index (κ2) is 5.46. The van der Waals surface area contributed by atoms with Gasteiger partial charge in [0.15, 0.2) is 0 Å². The van der Waals surface area contributed by atoms with Crippen LogP contribution in [0.5, 0.6) is 0 Å². The van der Waals surface area contributed by atoms with E-state index in [0.717, 1.165) is 10.0 Å². The van der Waals surface area contributed by atoms with Crippen molar-refractivity contribution in [3.8, 4) is 11.4 Å². The van der Waals surface area contributed by atoms with Crippen LogP contribution in [-0.4, -0.2) is 21.0 Å². The van der Waals surface area contributed by atoms with Gasteiger partial charge in [-0.15, -0.1) is 0 Å². The van der Waals surface area contributed by atoms with Gasteiger partial charge in [-0.1, -0.05) is 28.1 Å². The van der Waals surface area contributed by atoms with Gasteiger partial charge < -0.3 is 15.8 Å². The lowest BCUT2D eigenvalue weighted by molar-refractivity contribution is -0.136. The fraction of sp³-hybridized carbons (Fsp3) is 0.154. The van der Waals surface area contributed by atoms with Crippen LogP contribution in [0.1, 0.15) is 11.1 Å². The monoisotopic (exact) mass is 337 g/mol. The van der Waals surface area contributed by atoms with Crippen LogP contribution < -0.4 is 11.3 Å². The molecule has 20 heavy (non-hydrogen) atoms. The fourth-order valence-electron chi connectivity index (χ4n) is 1.71. The molecule has 0 spiro atoms. The standard InChI is InChI=1S/C13H12BrN3O3/c1-6-2-3-7(4-9(6)14)12-16-11(15)8(5-10(18)19)13(20)17-12/h2-4H,5H2,1H3,(H,18,19)(H3,15,16,17,20). The van der Waals surface area contributed by atoms with Crippen LogP contribution >= 0.6 is 15.9 Å². The van der Waals surface area contributed by atoms with E-state index in [-0.39, 0.29) is 11.4 Å². The van der Waals surface area contributed by atoms with Gasteiger partial charge in [-0.05, 0) is 18.6 Å². The molecule has 0 aliphatic carbocycles. The third-order valence-corrected chi connectivity index (χ3v) is 3.68. The van der Waals surface area contributed by atoms with Gasteiger partial charge in [0.2, 0.25) is 0 Å². The largest absolute Gasteiger partial charge is 0.481 e. The molecule has 1 aromatic heterocycles. The number of anilines is 1. The minimum Gasteiger partial charge on any atom is -0.481 e. The third-order valence-electron chi connectivity index (χ3n) is 2.82. The van der Waals surface area contributed by atoms with Crippen molar-refractivity contribution in [2.45, 2.75) is 13.3 Å². The fourth-order valence-corrected chi connectivity index (χ4v) is 2.09. The van der Waals surface area contributed by atoms with Crippen molar-refractivity contribution in [2.75, 3.05) is 5.73 Å². The number of aliphatic carboxylic acids is 1. The lowest BCUT2D eigenvalue weighted by Crippen LogP contribution is -2.21. The summed E-state index contributed by atoms with van der Waals surface area (Å²) in [6, 6.07) is 5.49. The second-order valence-corrected chi connectivity index (χ2v) is 5.17. The van der Waals surface area contributed by atoms with Crippen molar-refractivity contribution in [2.24, 2.45) is 0 Å². The molecule has 0 radical (unpaired) electrons. The number of benzene rings is 1. The highest BCUT2D eigenvalue weighted by Crippen LogP contribution is 2.23. The number of aryl methyl sites for hydroxylation is 1. The molecule has 104 valence electrons. The lowest BCUT2D eigenvalue weighted by atomic mass is 10.1. The molecule has 0 saturated heterocycles. The number of nitrogens with zero attached hydrogens (tertiary/aromatic N) is 1. The molecule has 0 atom stereocenters. The Morgan fingerprint density at radius 1 is 1.50 bits per heavy atom. The highest BCUT2D eigenvalue weighted by molar-refractivity contribution is 9.10. The highest BCUT2D eigenvalue weighted by atomic mass is 79.9. The topological polar surface area (TPSA) is 109 Å². The number of carboxylic acids is 1. The van der Waals surface area contributed by atoms with E-state index in [1.807, 2.05) is 19.1 Å². The number of halogens is 1. The van der Waals surface area contributed by atoms with Gasteiger partial charge in [0.1, 0.15) is 11.6 Å². The average molecular weight is 338 g/mol. The molecule has 1 aromatic carbocycles. The summed E-state index contributed by atoms with van der Waals surface area (Å²) in [5.74, 6) is -0.889. The van der Waals surface area contributed by atoms with Gasteiger partial charge in [-0.3, -0.25) is 9.59 Å². The second-order valence-electron chi connectivity index (χ2n) is 4.31. The van der Waals surface area contributed by atoms with Crippen molar-refractivity contribution in [1.82, 2.24) is 9.97 Å². The minimum absolute atomic E-state index is 0.0348. The number of nitrogens with one attached hydrogen (secondary N) is 1. The van der Waals surface area contributed by atoms with Crippen LogP contribution in [0.25, 0.3) is 11.4 Å². The van der Waals surface area contributed by atoms with Crippen molar-refractivity contribution in [3.05, 3.63) is 44.2 Å². The molecule has 2 aromatic rings. The Morgan fingerprint density at radius 2 is 2.20 bits per heavy atom. The molecule has 2 rings (SSSR count). The van der Waals surface area contributed by atoms with E-state index < -0.39 is 17.9 Å². The van der Waals surface area contributed by atoms with Crippen molar-refractivity contribution < 1.29 is 9.90 Å². The van der Waals surface area contributed by atoms with Gasteiger partial charge >= 0.3 is 5.97 Å². The SMILES string of the molecule is Cc1ccc(-c2nc(N)c(CC(=O)O)c(=O)[nH]2)cc1Br. The molecule has 7 heteroatoms. The molecule has 0 bridgehead atoms. The van der Waals surface area contributed by atoms with Gasteiger partial charge in [0.25, 0.3) is 5.56 Å². The van der Waals surface area contributed by atoms with Gasteiger partial charge in [-0.2, -0.15) is 0 Å². The first kappa shape index (κ1) is 14.3. The van der Waals surface area contributed by atoms with Crippen LogP contribution in [0, 0.1) is 6.92 Å². The normalized spacial score (nSPS) is 10.5.